The van der Waals surface area contributed by atoms with Crippen molar-refractivity contribution in [3.8, 4) is 0 Å². The smallest absolute Gasteiger partial charge is 0.330 e. The lowest BCUT2D eigenvalue weighted by Crippen LogP contribution is -2.26. The number of Topliss-reactive ketones (excluding diaryl/α,β-unsaturated/α-hetero) is 1. The summed E-state index contributed by atoms with van der Waals surface area (Å²) >= 11 is 0. The van der Waals surface area contributed by atoms with Gasteiger partial charge in [-0.15, -0.1) is 0 Å². The summed E-state index contributed by atoms with van der Waals surface area (Å²) < 4.78 is 5.09. The Morgan fingerprint density at radius 2 is 1.87 bits per heavy atom. The molecule has 0 fully saturated rings. The lowest BCUT2D eigenvalue weighted by Gasteiger charge is -2.21. The van der Waals surface area contributed by atoms with E-state index in [0.29, 0.717) is 19.3 Å². The number of rotatable bonds is 13. The quantitative estimate of drug-likeness (QED) is 0.409. The molecule has 0 aromatic carbocycles. The molecule has 1 aliphatic heterocycles. The summed E-state index contributed by atoms with van der Waals surface area (Å²) in [6.07, 6.45) is 13.5. The lowest BCUT2D eigenvalue weighted by molar-refractivity contribution is -0.145. The van der Waals surface area contributed by atoms with Gasteiger partial charge < -0.3 is 9.84 Å². The maximum absolute atomic E-state index is 11.9. The Morgan fingerprint density at radius 1 is 1.22 bits per heavy atom. The number of hydrogen-bond acceptors (Lipinski definition) is 4. The summed E-state index contributed by atoms with van der Waals surface area (Å²) in [4.78, 5) is 23.0. The Kier molecular flexibility index (Phi) is 10.6. The first-order valence-electron chi connectivity index (χ1n) is 9.18. The summed E-state index contributed by atoms with van der Waals surface area (Å²) in [5, 5.41) is 9.95. The number of esters is 1. The van der Waals surface area contributed by atoms with E-state index >= 15 is 0 Å². The molecule has 1 rings (SSSR count). The van der Waals surface area contributed by atoms with Crippen molar-refractivity contribution in [1.29, 1.82) is 0 Å². The molecular weight excluding hydrogens is 292 g/mol. The molecule has 4 heteroatoms. The topological polar surface area (TPSA) is 63.6 Å². The molecule has 1 N–H and O–H groups in total. The van der Waals surface area contributed by atoms with Gasteiger partial charge >= 0.3 is 5.97 Å². The van der Waals surface area contributed by atoms with E-state index < -0.39 is 6.10 Å². The van der Waals surface area contributed by atoms with Gasteiger partial charge in [0.25, 0.3) is 0 Å². The van der Waals surface area contributed by atoms with Crippen molar-refractivity contribution in [1.82, 2.24) is 0 Å². The Labute approximate surface area is 140 Å². The van der Waals surface area contributed by atoms with E-state index in [2.05, 4.69) is 6.92 Å². The molecule has 0 unspecified atom stereocenters. The third-order valence-corrected chi connectivity index (χ3v) is 4.24. The van der Waals surface area contributed by atoms with Gasteiger partial charge in [0.2, 0.25) is 0 Å². The van der Waals surface area contributed by atoms with Crippen LogP contribution in [-0.4, -0.2) is 29.1 Å². The molecule has 1 heterocycles. The lowest BCUT2D eigenvalue weighted by atomic mass is 10.00. The van der Waals surface area contributed by atoms with Crippen LogP contribution in [0.25, 0.3) is 0 Å². The maximum Gasteiger partial charge on any atom is 0.330 e. The average Bonchev–Trinajstić information content (AvgIpc) is 2.49. The van der Waals surface area contributed by atoms with E-state index in [9.17, 15) is 14.7 Å². The molecular formula is C19H32O4. The minimum Gasteiger partial charge on any atom is -0.459 e. The fourth-order valence-corrected chi connectivity index (χ4v) is 2.92. The van der Waals surface area contributed by atoms with Crippen molar-refractivity contribution in [2.75, 3.05) is 0 Å². The number of carbonyl (C=O) groups excluding carboxylic acids is 2. The van der Waals surface area contributed by atoms with Crippen molar-refractivity contribution >= 4 is 11.8 Å². The molecule has 23 heavy (non-hydrogen) atoms. The van der Waals surface area contributed by atoms with E-state index in [-0.39, 0.29) is 24.3 Å². The number of aliphatic hydroxyl groups is 1. The van der Waals surface area contributed by atoms with Gasteiger partial charge in [0.15, 0.2) is 0 Å². The van der Waals surface area contributed by atoms with Crippen LogP contribution in [0.3, 0.4) is 0 Å². The summed E-state index contributed by atoms with van der Waals surface area (Å²) in [5.74, 6) is -0.250. The predicted molar refractivity (Wildman–Crippen MR) is 91.1 cm³/mol. The van der Waals surface area contributed by atoms with Gasteiger partial charge in [0.05, 0.1) is 6.10 Å². The van der Waals surface area contributed by atoms with Crippen LogP contribution in [0, 0.1) is 0 Å². The molecule has 0 amide bonds. The Hall–Kier alpha value is -1.16. The summed E-state index contributed by atoms with van der Waals surface area (Å²) in [5.41, 5.74) is 0. The van der Waals surface area contributed by atoms with Gasteiger partial charge in [-0.2, -0.15) is 0 Å². The van der Waals surface area contributed by atoms with E-state index in [1.54, 1.807) is 6.08 Å². The van der Waals surface area contributed by atoms with Crippen molar-refractivity contribution in [2.24, 2.45) is 0 Å². The monoisotopic (exact) mass is 324 g/mol. The van der Waals surface area contributed by atoms with E-state index in [1.807, 2.05) is 0 Å². The van der Waals surface area contributed by atoms with Crippen LogP contribution in [0.15, 0.2) is 12.2 Å². The normalized spacial score (nSPS) is 18.7. The number of unbranched alkanes of at least 4 members (excludes halogenated alkanes) is 7. The van der Waals surface area contributed by atoms with Crippen molar-refractivity contribution < 1.29 is 19.4 Å². The fraction of sp³-hybridized carbons (Fsp3) is 0.789. The van der Waals surface area contributed by atoms with Gasteiger partial charge in [0, 0.05) is 31.8 Å². The highest BCUT2D eigenvalue weighted by Gasteiger charge is 2.21. The molecule has 2 atom stereocenters. The van der Waals surface area contributed by atoms with Crippen LogP contribution in [0.1, 0.15) is 84.0 Å². The van der Waals surface area contributed by atoms with Gasteiger partial charge in [-0.3, -0.25) is 4.79 Å². The number of ether oxygens (including phenoxy) is 1. The number of hydrogen-bond donors (Lipinski definition) is 1. The highest BCUT2D eigenvalue weighted by atomic mass is 16.5. The minimum atomic E-state index is -0.708. The van der Waals surface area contributed by atoms with Crippen molar-refractivity contribution in [2.45, 2.75) is 96.2 Å². The van der Waals surface area contributed by atoms with Crippen LogP contribution in [0.4, 0.5) is 0 Å². The molecule has 132 valence electrons. The number of carbonyl (C=O) groups is 2. The first-order valence-corrected chi connectivity index (χ1v) is 9.18. The van der Waals surface area contributed by atoms with Crippen LogP contribution >= 0.6 is 0 Å². The standard InChI is InChI=1S/C19H32O4/c1-2-3-4-5-6-7-8-9-11-16(20)14-17(21)15-18-12-10-13-19(22)23-18/h10,13,17-18,21H,2-9,11-12,14-15H2,1H3/t17-,18+/m0/s1. The average molecular weight is 324 g/mol. The predicted octanol–water partition coefficient (Wildman–Crippen LogP) is 4.10. The molecule has 0 aliphatic carbocycles. The van der Waals surface area contributed by atoms with Crippen LogP contribution in [0.5, 0.6) is 0 Å². The van der Waals surface area contributed by atoms with E-state index in [0.717, 1.165) is 12.8 Å². The van der Waals surface area contributed by atoms with Crippen LogP contribution in [-0.2, 0) is 14.3 Å². The number of aliphatic hydroxyl groups excluding tert-OH is 1. The molecule has 0 saturated carbocycles. The summed E-state index contributed by atoms with van der Waals surface area (Å²) in [6.45, 7) is 2.22. The molecule has 4 nitrogen and oxygen atoms in total. The largest absolute Gasteiger partial charge is 0.459 e. The number of ketones is 1. The SMILES string of the molecule is CCCCCCCCCCC(=O)C[C@H](O)C[C@H]1CC=CC(=O)O1. The zero-order valence-electron chi connectivity index (χ0n) is 14.5. The molecule has 0 radical (unpaired) electrons. The first-order chi connectivity index (χ1) is 11.1. The molecule has 0 aromatic heterocycles. The van der Waals surface area contributed by atoms with E-state index in [4.69, 9.17) is 4.74 Å². The zero-order valence-corrected chi connectivity index (χ0v) is 14.5. The minimum absolute atomic E-state index is 0.112. The van der Waals surface area contributed by atoms with Gasteiger partial charge in [-0.05, 0) is 6.42 Å². The zero-order chi connectivity index (χ0) is 16.9. The third-order valence-electron chi connectivity index (χ3n) is 4.24. The Balaban J connectivity index is 2.00. The maximum atomic E-state index is 11.9. The number of cyclic esters (lactones) is 1. The second kappa shape index (κ2) is 12.3. The van der Waals surface area contributed by atoms with Crippen LogP contribution < -0.4 is 0 Å². The highest BCUT2D eigenvalue weighted by Crippen LogP contribution is 2.16. The fourth-order valence-electron chi connectivity index (χ4n) is 2.92. The van der Waals surface area contributed by atoms with E-state index in [1.165, 1.54) is 44.6 Å². The first kappa shape index (κ1) is 19.9. The second-order valence-electron chi connectivity index (χ2n) is 6.55. The Bertz CT molecular complexity index is 376. The van der Waals surface area contributed by atoms with Crippen molar-refractivity contribution in [3.05, 3.63) is 12.2 Å². The second-order valence-corrected chi connectivity index (χ2v) is 6.55. The molecule has 0 spiro atoms. The molecule has 0 saturated heterocycles. The van der Waals surface area contributed by atoms with Gasteiger partial charge in [-0.1, -0.05) is 57.9 Å². The summed E-state index contributed by atoms with van der Waals surface area (Å²) in [6, 6.07) is 0. The summed E-state index contributed by atoms with van der Waals surface area (Å²) in [7, 11) is 0. The molecule has 0 aromatic rings. The molecule has 1 aliphatic rings. The van der Waals surface area contributed by atoms with Crippen molar-refractivity contribution in [3.63, 3.8) is 0 Å². The van der Waals surface area contributed by atoms with Gasteiger partial charge in [0.1, 0.15) is 11.9 Å². The Morgan fingerprint density at radius 3 is 2.52 bits per heavy atom. The third kappa shape index (κ3) is 10.3. The highest BCUT2D eigenvalue weighted by molar-refractivity contribution is 5.82. The molecule has 0 bridgehead atoms. The van der Waals surface area contributed by atoms with Crippen LogP contribution in [0.2, 0.25) is 0 Å². The van der Waals surface area contributed by atoms with Gasteiger partial charge in [-0.25, -0.2) is 4.79 Å².